The normalized spacial score (nSPS) is 24.9. The summed E-state index contributed by atoms with van der Waals surface area (Å²) in [6.45, 7) is 3.98. The van der Waals surface area contributed by atoms with Crippen molar-refractivity contribution in [2.45, 2.75) is 6.42 Å². The van der Waals surface area contributed by atoms with E-state index in [9.17, 15) is 0 Å². The fraction of sp³-hybridized carbons (Fsp3) is 0.833. The molecule has 0 aliphatic carbocycles. The number of hydrogen-bond acceptors (Lipinski definition) is 3. The molecule has 0 saturated carbocycles. The van der Waals surface area contributed by atoms with Crippen molar-refractivity contribution >= 4 is 6.02 Å². The molecule has 3 nitrogen and oxygen atoms in total. The lowest BCUT2D eigenvalue weighted by atomic mass is 10.4. The van der Waals surface area contributed by atoms with Crippen LogP contribution in [0.1, 0.15) is 6.42 Å². The quantitative estimate of drug-likeness (QED) is 0.459. The summed E-state index contributed by atoms with van der Waals surface area (Å²) in [5.41, 5.74) is 0. The largest absolute Gasteiger partial charge is 0.465 e. The Kier molecular flexibility index (Phi) is 1.07. The highest BCUT2D eigenvalue weighted by molar-refractivity contribution is 5.75. The summed E-state index contributed by atoms with van der Waals surface area (Å²) in [6.07, 6.45) is 1.15. The molecule has 0 aromatic rings. The second-order valence-corrected chi connectivity index (χ2v) is 2.35. The highest BCUT2D eigenvalue weighted by Crippen LogP contribution is 2.08. The first kappa shape index (κ1) is 5.09. The molecule has 0 aromatic heterocycles. The van der Waals surface area contributed by atoms with Gasteiger partial charge in [0, 0.05) is 13.1 Å². The highest BCUT2D eigenvalue weighted by atomic mass is 16.5. The zero-order valence-electron chi connectivity index (χ0n) is 5.34. The van der Waals surface area contributed by atoms with Gasteiger partial charge in [-0.2, -0.15) is 0 Å². The van der Waals surface area contributed by atoms with Crippen LogP contribution in [0.25, 0.3) is 0 Å². The van der Waals surface area contributed by atoms with Gasteiger partial charge in [-0.15, -0.1) is 0 Å². The molecule has 50 valence electrons. The number of amidine groups is 1. The van der Waals surface area contributed by atoms with E-state index >= 15 is 0 Å². The Morgan fingerprint density at radius 1 is 1.44 bits per heavy atom. The summed E-state index contributed by atoms with van der Waals surface area (Å²) in [4.78, 5) is 6.38. The van der Waals surface area contributed by atoms with Crippen molar-refractivity contribution < 1.29 is 4.74 Å². The minimum atomic E-state index is 0.856. The molecule has 2 heterocycles. The van der Waals surface area contributed by atoms with Gasteiger partial charge in [-0.05, 0) is 6.42 Å². The van der Waals surface area contributed by atoms with Crippen molar-refractivity contribution in [3.63, 3.8) is 0 Å². The predicted molar refractivity (Wildman–Crippen MR) is 34.4 cm³/mol. The monoisotopic (exact) mass is 126 g/mol. The summed E-state index contributed by atoms with van der Waals surface area (Å²) in [7, 11) is 0. The number of hydrogen-bond donors (Lipinski definition) is 0. The number of ether oxygens (including phenoxy) is 1. The minimum absolute atomic E-state index is 0.856. The van der Waals surface area contributed by atoms with Crippen LogP contribution < -0.4 is 0 Å². The summed E-state index contributed by atoms with van der Waals surface area (Å²) in [5, 5.41) is 0. The van der Waals surface area contributed by atoms with E-state index in [-0.39, 0.29) is 0 Å². The van der Waals surface area contributed by atoms with Gasteiger partial charge >= 0.3 is 0 Å². The molecule has 1 saturated heterocycles. The second kappa shape index (κ2) is 1.90. The zero-order valence-corrected chi connectivity index (χ0v) is 5.34. The molecule has 0 amide bonds. The van der Waals surface area contributed by atoms with Crippen molar-refractivity contribution in [3.8, 4) is 0 Å². The molecule has 0 unspecified atom stereocenters. The molecule has 0 bridgehead atoms. The summed E-state index contributed by atoms with van der Waals surface area (Å²) < 4.78 is 5.28. The minimum Gasteiger partial charge on any atom is -0.465 e. The van der Waals surface area contributed by atoms with E-state index in [1.54, 1.807) is 0 Å². The lowest BCUT2D eigenvalue weighted by Gasteiger charge is -2.24. The van der Waals surface area contributed by atoms with Crippen LogP contribution in [-0.2, 0) is 4.74 Å². The molecular formula is C6H10N2O. The third-order valence-corrected chi connectivity index (χ3v) is 1.69. The molecule has 0 N–H and O–H groups in total. The molecule has 0 atom stereocenters. The molecular weight excluding hydrogens is 116 g/mol. The Hall–Kier alpha value is -0.730. The van der Waals surface area contributed by atoms with Crippen molar-refractivity contribution in [1.82, 2.24) is 4.90 Å². The van der Waals surface area contributed by atoms with Gasteiger partial charge in [0.05, 0.1) is 13.2 Å². The van der Waals surface area contributed by atoms with Gasteiger partial charge in [0.25, 0.3) is 6.02 Å². The first-order valence-electron chi connectivity index (χ1n) is 3.39. The molecule has 3 heteroatoms. The standard InChI is InChI=1S/C6H10N2O/c1-3-8-4-2-7-6(8)9-5-1/h1-5H2. The van der Waals surface area contributed by atoms with Gasteiger partial charge in [-0.3, -0.25) is 0 Å². The molecule has 2 aliphatic heterocycles. The van der Waals surface area contributed by atoms with Crippen LogP contribution in [0.15, 0.2) is 4.99 Å². The van der Waals surface area contributed by atoms with Crippen LogP contribution in [0.4, 0.5) is 0 Å². The SMILES string of the molecule is C1COC2=NCCN2C1. The first-order valence-corrected chi connectivity index (χ1v) is 3.39. The average Bonchev–Trinajstić information content (AvgIpc) is 2.33. The van der Waals surface area contributed by atoms with Gasteiger partial charge < -0.3 is 9.64 Å². The summed E-state index contributed by atoms with van der Waals surface area (Å²) in [6, 6.07) is 0.876. The average molecular weight is 126 g/mol. The Labute approximate surface area is 54.3 Å². The Morgan fingerprint density at radius 2 is 2.44 bits per heavy atom. The van der Waals surface area contributed by atoms with Gasteiger partial charge in [-0.1, -0.05) is 0 Å². The van der Waals surface area contributed by atoms with E-state index in [1.807, 2.05) is 0 Å². The fourth-order valence-corrected chi connectivity index (χ4v) is 1.23. The van der Waals surface area contributed by atoms with E-state index in [1.165, 1.54) is 0 Å². The number of fused-ring (bicyclic) bond motifs is 1. The van der Waals surface area contributed by atoms with Crippen LogP contribution in [-0.4, -0.2) is 37.2 Å². The number of aliphatic imine (C=N–C) groups is 1. The van der Waals surface area contributed by atoms with E-state index in [0.717, 1.165) is 38.7 Å². The lowest BCUT2D eigenvalue weighted by molar-refractivity contribution is 0.189. The smallest absolute Gasteiger partial charge is 0.287 e. The topological polar surface area (TPSA) is 24.8 Å². The maximum atomic E-state index is 5.28. The van der Waals surface area contributed by atoms with Crippen LogP contribution in [0, 0.1) is 0 Å². The van der Waals surface area contributed by atoms with Crippen molar-refractivity contribution in [2.75, 3.05) is 26.2 Å². The fourth-order valence-electron chi connectivity index (χ4n) is 1.23. The van der Waals surface area contributed by atoms with Gasteiger partial charge in [-0.25, -0.2) is 4.99 Å². The van der Waals surface area contributed by atoms with E-state index in [0.29, 0.717) is 0 Å². The van der Waals surface area contributed by atoms with Gasteiger partial charge in [0.1, 0.15) is 0 Å². The molecule has 2 aliphatic rings. The van der Waals surface area contributed by atoms with Crippen LogP contribution >= 0.6 is 0 Å². The Balaban J connectivity index is 2.09. The summed E-state index contributed by atoms with van der Waals surface area (Å²) in [5.74, 6) is 0. The third kappa shape index (κ3) is 0.763. The van der Waals surface area contributed by atoms with Crippen molar-refractivity contribution in [2.24, 2.45) is 4.99 Å². The predicted octanol–water partition coefficient (Wildman–Crippen LogP) is 0.0783. The molecule has 2 rings (SSSR count). The Bertz CT molecular complexity index is 144. The first-order chi connectivity index (χ1) is 4.47. The van der Waals surface area contributed by atoms with Crippen molar-refractivity contribution in [3.05, 3.63) is 0 Å². The molecule has 0 aromatic carbocycles. The zero-order chi connectivity index (χ0) is 6.10. The highest BCUT2D eigenvalue weighted by Gasteiger charge is 2.20. The second-order valence-electron chi connectivity index (χ2n) is 2.35. The van der Waals surface area contributed by atoms with E-state index < -0.39 is 0 Å². The Morgan fingerprint density at radius 3 is 3.33 bits per heavy atom. The maximum Gasteiger partial charge on any atom is 0.287 e. The molecule has 9 heavy (non-hydrogen) atoms. The number of nitrogens with zero attached hydrogens (tertiary/aromatic N) is 2. The van der Waals surface area contributed by atoms with Gasteiger partial charge in [0.2, 0.25) is 0 Å². The van der Waals surface area contributed by atoms with Crippen LogP contribution in [0.3, 0.4) is 0 Å². The van der Waals surface area contributed by atoms with E-state index in [4.69, 9.17) is 4.74 Å². The number of rotatable bonds is 0. The van der Waals surface area contributed by atoms with E-state index in [2.05, 4.69) is 9.89 Å². The lowest BCUT2D eigenvalue weighted by Crippen LogP contribution is -2.35. The third-order valence-electron chi connectivity index (χ3n) is 1.69. The van der Waals surface area contributed by atoms with Crippen molar-refractivity contribution in [1.29, 1.82) is 0 Å². The van der Waals surface area contributed by atoms with Crippen LogP contribution in [0.2, 0.25) is 0 Å². The molecule has 0 spiro atoms. The van der Waals surface area contributed by atoms with Gasteiger partial charge in [0.15, 0.2) is 0 Å². The van der Waals surface area contributed by atoms with Crippen LogP contribution in [0.5, 0.6) is 0 Å². The summed E-state index contributed by atoms with van der Waals surface area (Å²) >= 11 is 0. The molecule has 1 fully saturated rings. The maximum absolute atomic E-state index is 5.28. The molecule has 0 radical (unpaired) electrons.